The van der Waals surface area contributed by atoms with Gasteiger partial charge in [0.15, 0.2) is 0 Å². The molecule has 0 rings (SSSR count). The lowest BCUT2D eigenvalue weighted by molar-refractivity contribution is -0.143. The number of hydrogen-bond acceptors (Lipinski definition) is 4. The molecule has 0 bridgehead atoms. The summed E-state index contributed by atoms with van der Waals surface area (Å²) in [5.74, 6) is -0.0751. The average molecular weight is 429 g/mol. The van der Waals surface area contributed by atoms with Gasteiger partial charge in [-0.15, -0.1) is 0 Å². The quantitative estimate of drug-likeness (QED) is 0.136. The van der Waals surface area contributed by atoms with Crippen molar-refractivity contribution in [2.24, 2.45) is 0 Å². The van der Waals surface area contributed by atoms with Gasteiger partial charge < -0.3 is 14.6 Å². The van der Waals surface area contributed by atoms with E-state index in [1.165, 1.54) is 44.9 Å². The molecular weight excluding hydrogens is 376 g/mol. The monoisotopic (exact) mass is 428 g/mol. The standard InChI is InChI=1S/C26H52O4/c1-4-7-10-11-12-13-14-16-19-24(27)25(29-22-8-5-2)20-17-15-18-21-26(28)30-23-9-6-3/h24-25,27H,4-23H2,1-3H3. The number of carbonyl (C=O) groups excluding carboxylic acids is 1. The zero-order valence-corrected chi connectivity index (χ0v) is 20.5. The summed E-state index contributed by atoms with van der Waals surface area (Å²) < 4.78 is 11.2. The van der Waals surface area contributed by atoms with Crippen LogP contribution in [0.1, 0.15) is 136 Å². The van der Waals surface area contributed by atoms with E-state index in [1.807, 2.05) is 0 Å². The van der Waals surface area contributed by atoms with Crippen molar-refractivity contribution >= 4 is 5.97 Å². The summed E-state index contributed by atoms with van der Waals surface area (Å²) in [5, 5.41) is 10.6. The molecule has 0 fully saturated rings. The van der Waals surface area contributed by atoms with Crippen LogP contribution in [0.3, 0.4) is 0 Å². The molecule has 0 aromatic rings. The van der Waals surface area contributed by atoms with Gasteiger partial charge in [0.25, 0.3) is 0 Å². The van der Waals surface area contributed by atoms with Crippen LogP contribution < -0.4 is 0 Å². The maximum atomic E-state index is 11.7. The lowest BCUT2D eigenvalue weighted by atomic mass is 9.99. The van der Waals surface area contributed by atoms with Crippen molar-refractivity contribution in [3.8, 4) is 0 Å². The molecule has 4 heteroatoms. The highest BCUT2D eigenvalue weighted by Gasteiger charge is 2.19. The number of hydrogen-bond donors (Lipinski definition) is 1. The lowest BCUT2D eigenvalue weighted by Crippen LogP contribution is -2.29. The van der Waals surface area contributed by atoms with E-state index in [1.54, 1.807) is 0 Å². The van der Waals surface area contributed by atoms with Crippen molar-refractivity contribution < 1.29 is 19.4 Å². The predicted molar refractivity (Wildman–Crippen MR) is 127 cm³/mol. The summed E-state index contributed by atoms with van der Waals surface area (Å²) in [5.41, 5.74) is 0. The van der Waals surface area contributed by atoms with Gasteiger partial charge in [-0.1, -0.05) is 97.8 Å². The summed E-state index contributed by atoms with van der Waals surface area (Å²) in [4.78, 5) is 11.7. The van der Waals surface area contributed by atoms with Crippen LogP contribution in [0.25, 0.3) is 0 Å². The fourth-order valence-electron chi connectivity index (χ4n) is 3.63. The molecule has 2 unspecified atom stereocenters. The number of carbonyl (C=O) groups is 1. The molecule has 0 aromatic carbocycles. The first-order valence-corrected chi connectivity index (χ1v) is 13.1. The van der Waals surface area contributed by atoms with Gasteiger partial charge in [0, 0.05) is 13.0 Å². The normalized spacial score (nSPS) is 13.3. The highest BCUT2D eigenvalue weighted by molar-refractivity contribution is 5.69. The Morgan fingerprint density at radius 2 is 1.20 bits per heavy atom. The number of rotatable bonds is 23. The van der Waals surface area contributed by atoms with E-state index in [9.17, 15) is 9.90 Å². The summed E-state index contributed by atoms with van der Waals surface area (Å²) in [7, 11) is 0. The Labute approximate surface area is 187 Å². The molecule has 30 heavy (non-hydrogen) atoms. The zero-order valence-electron chi connectivity index (χ0n) is 20.5. The fraction of sp³-hybridized carbons (Fsp3) is 0.962. The van der Waals surface area contributed by atoms with E-state index in [0.717, 1.165) is 70.8 Å². The highest BCUT2D eigenvalue weighted by Crippen LogP contribution is 2.18. The van der Waals surface area contributed by atoms with Gasteiger partial charge in [0.05, 0.1) is 18.8 Å². The van der Waals surface area contributed by atoms with Crippen LogP contribution >= 0.6 is 0 Å². The van der Waals surface area contributed by atoms with E-state index in [2.05, 4.69) is 20.8 Å². The molecule has 0 aliphatic rings. The second-order valence-corrected chi connectivity index (χ2v) is 8.77. The number of aliphatic hydroxyl groups is 1. The van der Waals surface area contributed by atoms with Gasteiger partial charge in [-0.05, 0) is 32.1 Å². The molecule has 0 radical (unpaired) electrons. The van der Waals surface area contributed by atoms with Crippen LogP contribution in [0.2, 0.25) is 0 Å². The Morgan fingerprint density at radius 3 is 1.87 bits per heavy atom. The van der Waals surface area contributed by atoms with Crippen LogP contribution in [0.15, 0.2) is 0 Å². The molecule has 0 heterocycles. The van der Waals surface area contributed by atoms with Crippen molar-refractivity contribution in [1.82, 2.24) is 0 Å². The third kappa shape index (κ3) is 19.4. The molecule has 1 N–H and O–H groups in total. The number of aliphatic hydroxyl groups excluding tert-OH is 1. The first-order chi connectivity index (χ1) is 14.7. The van der Waals surface area contributed by atoms with Crippen molar-refractivity contribution in [3.63, 3.8) is 0 Å². The number of ether oxygens (including phenoxy) is 2. The molecular formula is C26H52O4. The lowest BCUT2D eigenvalue weighted by Gasteiger charge is -2.23. The van der Waals surface area contributed by atoms with Gasteiger partial charge in [-0.3, -0.25) is 4.79 Å². The molecule has 2 atom stereocenters. The molecule has 0 amide bonds. The second-order valence-electron chi connectivity index (χ2n) is 8.77. The molecule has 0 aliphatic carbocycles. The molecule has 0 saturated carbocycles. The Kier molecular flexibility index (Phi) is 22.6. The van der Waals surface area contributed by atoms with Gasteiger partial charge >= 0.3 is 5.97 Å². The van der Waals surface area contributed by atoms with E-state index in [-0.39, 0.29) is 18.2 Å². The van der Waals surface area contributed by atoms with Crippen molar-refractivity contribution in [2.45, 2.75) is 149 Å². The minimum Gasteiger partial charge on any atom is -0.466 e. The molecule has 0 saturated heterocycles. The minimum atomic E-state index is -0.360. The molecule has 180 valence electrons. The Morgan fingerprint density at radius 1 is 0.667 bits per heavy atom. The summed E-state index contributed by atoms with van der Waals surface area (Å²) >= 11 is 0. The van der Waals surface area contributed by atoms with E-state index < -0.39 is 0 Å². The number of unbranched alkanes of at least 4 members (excludes halogenated alkanes) is 11. The van der Waals surface area contributed by atoms with Crippen LogP contribution in [0.4, 0.5) is 0 Å². The number of esters is 1. The third-order valence-electron chi connectivity index (χ3n) is 5.74. The van der Waals surface area contributed by atoms with Crippen molar-refractivity contribution in [3.05, 3.63) is 0 Å². The van der Waals surface area contributed by atoms with E-state index in [4.69, 9.17) is 9.47 Å². The summed E-state index contributed by atoms with van der Waals surface area (Å²) in [6, 6.07) is 0. The van der Waals surface area contributed by atoms with Gasteiger partial charge in [0.1, 0.15) is 0 Å². The predicted octanol–water partition coefficient (Wildman–Crippen LogP) is 7.36. The van der Waals surface area contributed by atoms with E-state index >= 15 is 0 Å². The summed E-state index contributed by atoms with van der Waals surface area (Å²) in [6.07, 6.45) is 19.1. The van der Waals surface area contributed by atoms with Gasteiger partial charge in [-0.25, -0.2) is 0 Å². The van der Waals surface area contributed by atoms with Crippen LogP contribution in [-0.4, -0.2) is 36.5 Å². The molecule has 0 aliphatic heterocycles. The molecule has 0 spiro atoms. The third-order valence-corrected chi connectivity index (χ3v) is 5.74. The van der Waals surface area contributed by atoms with Gasteiger partial charge in [0.2, 0.25) is 0 Å². The van der Waals surface area contributed by atoms with Crippen LogP contribution in [0.5, 0.6) is 0 Å². The van der Waals surface area contributed by atoms with Crippen molar-refractivity contribution in [2.75, 3.05) is 13.2 Å². The Bertz CT molecular complexity index is 359. The van der Waals surface area contributed by atoms with E-state index in [0.29, 0.717) is 13.0 Å². The minimum absolute atomic E-state index is 0.0578. The SMILES string of the molecule is CCCCCCCCCCC(O)C(CCCCCC(=O)OCCCC)OCCCC. The summed E-state index contributed by atoms with van der Waals surface area (Å²) in [6.45, 7) is 7.79. The maximum absolute atomic E-state index is 11.7. The Balaban J connectivity index is 3.95. The first-order valence-electron chi connectivity index (χ1n) is 13.1. The fourth-order valence-corrected chi connectivity index (χ4v) is 3.63. The average Bonchev–Trinajstić information content (AvgIpc) is 2.74. The molecule has 4 nitrogen and oxygen atoms in total. The van der Waals surface area contributed by atoms with Gasteiger partial charge in [-0.2, -0.15) is 0 Å². The second kappa shape index (κ2) is 23.1. The largest absolute Gasteiger partial charge is 0.466 e. The topological polar surface area (TPSA) is 55.8 Å². The maximum Gasteiger partial charge on any atom is 0.305 e. The van der Waals surface area contributed by atoms with Crippen LogP contribution in [0, 0.1) is 0 Å². The highest BCUT2D eigenvalue weighted by atomic mass is 16.5. The smallest absolute Gasteiger partial charge is 0.305 e. The first kappa shape index (κ1) is 29.4. The Hall–Kier alpha value is -0.610. The van der Waals surface area contributed by atoms with Crippen molar-refractivity contribution in [1.29, 1.82) is 0 Å². The zero-order chi connectivity index (χ0) is 22.3. The molecule has 0 aromatic heterocycles. The van der Waals surface area contributed by atoms with Crippen LogP contribution in [-0.2, 0) is 14.3 Å².